The average molecular weight is 437 g/mol. The SMILES string of the molecule is Brc1cc2nc(N3CCNCC3)n3c2c(c1Br)CCC3.Cl. The van der Waals surface area contributed by atoms with Gasteiger partial charge in [0.05, 0.1) is 11.0 Å². The number of anilines is 1. The summed E-state index contributed by atoms with van der Waals surface area (Å²) >= 11 is 7.37. The number of nitrogens with one attached hydrogen (secondary N) is 1. The van der Waals surface area contributed by atoms with E-state index in [4.69, 9.17) is 4.98 Å². The molecule has 3 heterocycles. The molecule has 1 aromatic heterocycles. The van der Waals surface area contributed by atoms with Crippen LogP contribution in [0.3, 0.4) is 0 Å². The van der Waals surface area contributed by atoms with E-state index in [9.17, 15) is 0 Å². The van der Waals surface area contributed by atoms with Crippen molar-refractivity contribution in [3.8, 4) is 0 Å². The average Bonchev–Trinajstić information content (AvgIpc) is 2.85. The van der Waals surface area contributed by atoms with Crippen molar-refractivity contribution in [1.29, 1.82) is 0 Å². The van der Waals surface area contributed by atoms with E-state index in [0.717, 1.165) is 55.1 Å². The molecule has 0 bridgehead atoms. The van der Waals surface area contributed by atoms with Crippen LogP contribution in [0.2, 0.25) is 0 Å². The number of aryl methyl sites for hydroxylation is 2. The normalized spacial score (nSPS) is 17.9. The third-order valence-corrected chi connectivity index (χ3v) is 6.27. The number of hydrogen-bond acceptors (Lipinski definition) is 3. The molecule has 2 aliphatic rings. The summed E-state index contributed by atoms with van der Waals surface area (Å²) in [6, 6.07) is 2.14. The number of aromatic nitrogens is 2. The van der Waals surface area contributed by atoms with Gasteiger partial charge in [-0.25, -0.2) is 4.98 Å². The predicted octanol–water partition coefficient (Wildman–Crippen LogP) is 3.34. The molecule has 0 aliphatic carbocycles. The first-order valence-corrected chi connectivity index (χ1v) is 8.67. The van der Waals surface area contributed by atoms with Crippen LogP contribution < -0.4 is 10.2 Å². The first-order chi connectivity index (χ1) is 9.75. The highest BCUT2D eigenvalue weighted by Crippen LogP contribution is 2.38. The van der Waals surface area contributed by atoms with E-state index in [1.165, 1.54) is 22.0 Å². The van der Waals surface area contributed by atoms with Crippen molar-refractivity contribution >= 4 is 61.2 Å². The lowest BCUT2D eigenvalue weighted by molar-refractivity contribution is 0.556. The highest BCUT2D eigenvalue weighted by Gasteiger charge is 2.25. The Bertz CT molecular complexity index is 679. The Morgan fingerprint density at radius 3 is 2.67 bits per heavy atom. The van der Waals surface area contributed by atoms with Gasteiger partial charge >= 0.3 is 0 Å². The number of benzene rings is 1. The lowest BCUT2D eigenvalue weighted by Crippen LogP contribution is -2.44. The zero-order chi connectivity index (χ0) is 13.7. The van der Waals surface area contributed by atoms with Gasteiger partial charge in [-0.3, -0.25) is 0 Å². The second-order valence-corrected chi connectivity index (χ2v) is 7.07. The number of imidazole rings is 1. The van der Waals surface area contributed by atoms with Gasteiger partial charge in [-0.05, 0) is 56.3 Å². The van der Waals surface area contributed by atoms with Gasteiger partial charge in [-0.15, -0.1) is 12.4 Å². The lowest BCUT2D eigenvalue weighted by Gasteiger charge is -2.29. The maximum absolute atomic E-state index is 4.92. The molecule has 4 rings (SSSR count). The molecule has 0 spiro atoms. The topological polar surface area (TPSA) is 33.1 Å². The first kappa shape index (κ1) is 15.6. The lowest BCUT2D eigenvalue weighted by atomic mass is 10.0. The zero-order valence-corrected chi connectivity index (χ0v) is 15.5. The molecule has 1 aromatic carbocycles. The molecular weight excluding hydrogens is 419 g/mol. The van der Waals surface area contributed by atoms with E-state index in [1.807, 2.05) is 0 Å². The molecule has 4 nitrogen and oxygen atoms in total. The molecule has 0 saturated carbocycles. The molecule has 2 aromatic rings. The van der Waals surface area contributed by atoms with E-state index in [1.54, 1.807) is 0 Å². The minimum Gasteiger partial charge on any atom is -0.340 e. The summed E-state index contributed by atoms with van der Waals surface area (Å²) in [4.78, 5) is 7.33. The molecule has 1 fully saturated rings. The van der Waals surface area contributed by atoms with E-state index >= 15 is 0 Å². The second-order valence-electron chi connectivity index (χ2n) is 5.42. The largest absolute Gasteiger partial charge is 0.340 e. The maximum Gasteiger partial charge on any atom is 0.206 e. The smallest absolute Gasteiger partial charge is 0.206 e. The molecule has 2 aliphatic heterocycles. The summed E-state index contributed by atoms with van der Waals surface area (Å²) < 4.78 is 4.72. The van der Waals surface area contributed by atoms with Crippen LogP contribution in [0, 0.1) is 0 Å². The fraction of sp³-hybridized carbons (Fsp3) is 0.500. The van der Waals surface area contributed by atoms with Gasteiger partial charge in [-0.1, -0.05) is 0 Å². The van der Waals surface area contributed by atoms with Gasteiger partial charge < -0.3 is 14.8 Å². The van der Waals surface area contributed by atoms with Crippen LogP contribution in [0.5, 0.6) is 0 Å². The van der Waals surface area contributed by atoms with E-state index in [2.05, 4.69) is 52.7 Å². The highest BCUT2D eigenvalue weighted by molar-refractivity contribution is 9.13. The Kier molecular flexibility index (Phi) is 4.50. The number of nitrogens with zero attached hydrogens (tertiary/aromatic N) is 3. The number of hydrogen-bond donors (Lipinski definition) is 1. The summed E-state index contributed by atoms with van der Waals surface area (Å²) in [6.07, 6.45) is 2.32. The second kappa shape index (κ2) is 6.07. The van der Waals surface area contributed by atoms with Crippen molar-refractivity contribution in [3.05, 3.63) is 20.6 Å². The van der Waals surface area contributed by atoms with Crippen LogP contribution in [-0.2, 0) is 13.0 Å². The number of halogens is 3. The Hall–Kier alpha value is -0.300. The van der Waals surface area contributed by atoms with Crippen molar-refractivity contribution in [2.24, 2.45) is 0 Å². The van der Waals surface area contributed by atoms with Crippen molar-refractivity contribution in [1.82, 2.24) is 14.9 Å². The third-order valence-electron chi connectivity index (χ3n) is 4.21. The molecule has 0 atom stereocenters. The molecule has 1 saturated heterocycles. The van der Waals surface area contributed by atoms with Gasteiger partial charge in [-0.2, -0.15) is 0 Å². The maximum atomic E-state index is 4.92. The van der Waals surface area contributed by atoms with Crippen LogP contribution in [0.4, 0.5) is 5.95 Å². The summed E-state index contributed by atoms with van der Waals surface area (Å²) in [5.74, 6) is 1.15. The minimum atomic E-state index is 0. The Morgan fingerprint density at radius 1 is 1.14 bits per heavy atom. The van der Waals surface area contributed by atoms with Crippen molar-refractivity contribution in [2.45, 2.75) is 19.4 Å². The van der Waals surface area contributed by atoms with Gasteiger partial charge in [0.15, 0.2) is 0 Å². The van der Waals surface area contributed by atoms with Gasteiger partial charge in [0.2, 0.25) is 5.95 Å². The van der Waals surface area contributed by atoms with Crippen LogP contribution in [-0.4, -0.2) is 35.7 Å². The fourth-order valence-electron chi connectivity index (χ4n) is 3.27. The van der Waals surface area contributed by atoms with Crippen LogP contribution in [0.15, 0.2) is 15.0 Å². The minimum absolute atomic E-state index is 0. The molecule has 1 N–H and O–H groups in total. The summed E-state index contributed by atoms with van der Waals surface area (Å²) in [7, 11) is 0. The number of rotatable bonds is 1. The molecule has 114 valence electrons. The van der Waals surface area contributed by atoms with Crippen LogP contribution in [0.25, 0.3) is 11.0 Å². The van der Waals surface area contributed by atoms with E-state index in [-0.39, 0.29) is 12.4 Å². The molecule has 0 amide bonds. The standard InChI is InChI=1S/C14H16Br2N4.ClH/c15-10-8-11-13-9(12(10)16)2-1-5-20(13)14(18-11)19-6-3-17-4-7-19;/h8,17H,1-7H2;1H. The number of piperazine rings is 1. The first-order valence-electron chi connectivity index (χ1n) is 7.08. The zero-order valence-electron chi connectivity index (χ0n) is 11.5. The van der Waals surface area contributed by atoms with Crippen molar-refractivity contribution in [2.75, 3.05) is 31.1 Å². The fourth-order valence-corrected chi connectivity index (χ4v) is 4.23. The third kappa shape index (κ3) is 2.50. The van der Waals surface area contributed by atoms with Crippen molar-refractivity contribution in [3.63, 3.8) is 0 Å². The van der Waals surface area contributed by atoms with Gasteiger partial charge in [0, 0.05) is 41.7 Å². The molecule has 0 unspecified atom stereocenters. The summed E-state index contributed by atoms with van der Waals surface area (Å²) in [5, 5.41) is 3.41. The monoisotopic (exact) mass is 434 g/mol. The quantitative estimate of drug-likeness (QED) is 0.745. The summed E-state index contributed by atoms with van der Waals surface area (Å²) in [6.45, 7) is 5.26. The molecule has 0 radical (unpaired) electrons. The Morgan fingerprint density at radius 2 is 1.90 bits per heavy atom. The van der Waals surface area contributed by atoms with Crippen LogP contribution in [0.1, 0.15) is 12.0 Å². The summed E-state index contributed by atoms with van der Waals surface area (Å²) in [5.41, 5.74) is 3.83. The van der Waals surface area contributed by atoms with E-state index < -0.39 is 0 Å². The van der Waals surface area contributed by atoms with Crippen molar-refractivity contribution < 1.29 is 0 Å². The molecule has 7 heteroatoms. The Balaban J connectivity index is 0.00000132. The highest BCUT2D eigenvalue weighted by atomic mass is 79.9. The van der Waals surface area contributed by atoms with Crippen LogP contribution >= 0.6 is 44.3 Å². The van der Waals surface area contributed by atoms with Gasteiger partial charge in [0.1, 0.15) is 0 Å². The molecular formula is C14H17Br2ClN4. The van der Waals surface area contributed by atoms with Gasteiger partial charge in [0.25, 0.3) is 0 Å². The predicted molar refractivity (Wildman–Crippen MR) is 95.8 cm³/mol. The Labute approximate surface area is 146 Å². The molecule has 21 heavy (non-hydrogen) atoms. The van der Waals surface area contributed by atoms with E-state index in [0.29, 0.717) is 0 Å².